The standard InChI is InChI=1S/C13H24N2O/c1-4-7-13(8-6-9-14-10-13)12(16)15-11(3)5-2/h5,11,14H,2,4,6-10H2,1,3H3,(H,15,16). The Balaban J connectivity index is 2.67. The minimum Gasteiger partial charge on any atom is -0.350 e. The maximum Gasteiger partial charge on any atom is 0.227 e. The Labute approximate surface area is 98.7 Å². The molecule has 1 aliphatic heterocycles. The first-order chi connectivity index (χ1) is 7.64. The van der Waals surface area contributed by atoms with E-state index in [1.165, 1.54) is 0 Å². The van der Waals surface area contributed by atoms with Crippen molar-refractivity contribution in [1.82, 2.24) is 10.6 Å². The van der Waals surface area contributed by atoms with E-state index in [9.17, 15) is 4.79 Å². The molecule has 3 heteroatoms. The van der Waals surface area contributed by atoms with Crippen molar-refractivity contribution in [2.24, 2.45) is 5.41 Å². The zero-order chi connectivity index (χ0) is 12.0. The fourth-order valence-corrected chi connectivity index (χ4v) is 2.39. The average Bonchev–Trinajstić information content (AvgIpc) is 2.30. The van der Waals surface area contributed by atoms with Crippen LogP contribution in [-0.4, -0.2) is 25.0 Å². The molecule has 1 saturated heterocycles. The van der Waals surface area contributed by atoms with Crippen molar-refractivity contribution in [3.63, 3.8) is 0 Å². The monoisotopic (exact) mass is 224 g/mol. The highest BCUT2D eigenvalue weighted by Crippen LogP contribution is 2.31. The number of carbonyl (C=O) groups excluding carboxylic acids is 1. The first-order valence-corrected chi connectivity index (χ1v) is 6.29. The SMILES string of the molecule is C=CC(C)NC(=O)C1(CCC)CCCNC1. The van der Waals surface area contributed by atoms with Crippen LogP contribution in [0, 0.1) is 5.41 Å². The Hall–Kier alpha value is -0.830. The lowest BCUT2D eigenvalue weighted by atomic mass is 9.76. The Morgan fingerprint density at radius 3 is 2.94 bits per heavy atom. The molecule has 1 amide bonds. The van der Waals surface area contributed by atoms with Crippen molar-refractivity contribution >= 4 is 5.91 Å². The minimum absolute atomic E-state index is 0.0585. The number of hydrogen-bond donors (Lipinski definition) is 2. The highest BCUT2D eigenvalue weighted by atomic mass is 16.2. The van der Waals surface area contributed by atoms with Crippen molar-refractivity contribution in [3.05, 3.63) is 12.7 Å². The summed E-state index contributed by atoms with van der Waals surface area (Å²) in [6, 6.07) is 0.0585. The summed E-state index contributed by atoms with van der Waals surface area (Å²) in [5, 5.41) is 6.37. The molecule has 1 heterocycles. The summed E-state index contributed by atoms with van der Waals surface area (Å²) in [7, 11) is 0. The van der Waals surface area contributed by atoms with E-state index < -0.39 is 0 Å². The fraction of sp³-hybridized carbons (Fsp3) is 0.769. The normalized spacial score (nSPS) is 27.1. The second kappa shape index (κ2) is 6.04. The first-order valence-electron chi connectivity index (χ1n) is 6.29. The molecule has 0 radical (unpaired) electrons. The first kappa shape index (κ1) is 13.2. The van der Waals surface area contributed by atoms with Crippen molar-refractivity contribution in [1.29, 1.82) is 0 Å². The molecular formula is C13H24N2O. The maximum atomic E-state index is 12.3. The summed E-state index contributed by atoms with van der Waals surface area (Å²) in [4.78, 5) is 12.3. The predicted octanol–water partition coefficient (Wildman–Crippen LogP) is 1.85. The van der Waals surface area contributed by atoms with E-state index in [0.717, 1.165) is 38.8 Å². The molecule has 0 bridgehead atoms. The van der Waals surface area contributed by atoms with Crippen LogP contribution in [0.4, 0.5) is 0 Å². The maximum absolute atomic E-state index is 12.3. The number of nitrogens with one attached hydrogen (secondary N) is 2. The van der Waals surface area contributed by atoms with Gasteiger partial charge in [-0.2, -0.15) is 0 Å². The van der Waals surface area contributed by atoms with Gasteiger partial charge in [0.2, 0.25) is 5.91 Å². The minimum atomic E-state index is -0.190. The summed E-state index contributed by atoms with van der Waals surface area (Å²) in [5.41, 5.74) is -0.190. The van der Waals surface area contributed by atoms with Gasteiger partial charge in [0.25, 0.3) is 0 Å². The Kier molecular flexibility index (Phi) is 5.00. The van der Waals surface area contributed by atoms with Gasteiger partial charge in [0.05, 0.1) is 5.41 Å². The largest absolute Gasteiger partial charge is 0.350 e. The van der Waals surface area contributed by atoms with Gasteiger partial charge >= 0.3 is 0 Å². The molecule has 0 spiro atoms. The van der Waals surface area contributed by atoms with Crippen LogP contribution in [0.15, 0.2) is 12.7 Å². The van der Waals surface area contributed by atoms with Gasteiger partial charge in [-0.1, -0.05) is 19.4 Å². The molecule has 0 aromatic carbocycles. The van der Waals surface area contributed by atoms with E-state index in [0.29, 0.717) is 0 Å². The number of piperidine rings is 1. The molecule has 0 saturated carbocycles. The van der Waals surface area contributed by atoms with Crippen LogP contribution in [0.25, 0.3) is 0 Å². The summed E-state index contributed by atoms with van der Waals surface area (Å²) in [6.07, 6.45) is 5.89. The van der Waals surface area contributed by atoms with Gasteiger partial charge in [-0.15, -0.1) is 6.58 Å². The van der Waals surface area contributed by atoms with Gasteiger partial charge in [0.1, 0.15) is 0 Å². The van der Waals surface area contributed by atoms with Crippen LogP contribution < -0.4 is 10.6 Å². The smallest absolute Gasteiger partial charge is 0.227 e. The van der Waals surface area contributed by atoms with Gasteiger partial charge in [-0.05, 0) is 32.7 Å². The summed E-state index contributed by atoms with van der Waals surface area (Å²) in [5.74, 6) is 0.189. The van der Waals surface area contributed by atoms with Crippen molar-refractivity contribution in [2.75, 3.05) is 13.1 Å². The van der Waals surface area contributed by atoms with E-state index in [1.54, 1.807) is 6.08 Å². The molecular weight excluding hydrogens is 200 g/mol. The number of rotatable bonds is 5. The van der Waals surface area contributed by atoms with Gasteiger partial charge in [-0.3, -0.25) is 4.79 Å². The molecule has 1 aliphatic rings. The summed E-state index contributed by atoms with van der Waals surface area (Å²) in [6.45, 7) is 9.65. The van der Waals surface area contributed by atoms with E-state index in [4.69, 9.17) is 0 Å². The third kappa shape index (κ3) is 3.08. The molecule has 3 nitrogen and oxygen atoms in total. The molecule has 2 N–H and O–H groups in total. The number of hydrogen-bond acceptors (Lipinski definition) is 2. The van der Waals surface area contributed by atoms with Crippen molar-refractivity contribution in [2.45, 2.75) is 45.6 Å². The Bertz CT molecular complexity index is 239. The zero-order valence-electron chi connectivity index (χ0n) is 10.5. The third-order valence-electron chi connectivity index (χ3n) is 3.39. The van der Waals surface area contributed by atoms with Crippen molar-refractivity contribution < 1.29 is 4.79 Å². The molecule has 0 aromatic rings. The third-order valence-corrected chi connectivity index (χ3v) is 3.39. The molecule has 0 aromatic heterocycles. The Morgan fingerprint density at radius 1 is 1.69 bits per heavy atom. The summed E-state index contributed by atoms with van der Waals surface area (Å²) >= 11 is 0. The van der Waals surface area contributed by atoms with Crippen LogP contribution in [0.1, 0.15) is 39.5 Å². The molecule has 2 unspecified atom stereocenters. The highest BCUT2D eigenvalue weighted by Gasteiger charge is 2.38. The lowest BCUT2D eigenvalue weighted by Gasteiger charge is -2.36. The van der Waals surface area contributed by atoms with E-state index >= 15 is 0 Å². The molecule has 1 fully saturated rings. The number of carbonyl (C=O) groups is 1. The molecule has 2 atom stereocenters. The van der Waals surface area contributed by atoms with E-state index in [-0.39, 0.29) is 17.4 Å². The van der Waals surface area contributed by atoms with Gasteiger partial charge in [0, 0.05) is 12.6 Å². The second-order valence-corrected chi connectivity index (χ2v) is 4.81. The van der Waals surface area contributed by atoms with Crippen LogP contribution >= 0.6 is 0 Å². The second-order valence-electron chi connectivity index (χ2n) is 4.81. The molecule has 16 heavy (non-hydrogen) atoms. The lowest BCUT2D eigenvalue weighted by molar-refractivity contribution is -0.133. The summed E-state index contributed by atoms with van der Waals surface area (Å²) < 4.78 is 0. The Morgan fingerprint density at radius 2 is 2.44 bits per heavy atom. The average molecular weight is 224 g/mol. The van der Waals surface area contributed by atoms with E-state index in [1.807, 2.05) is 6.92 Å². The van der Waals surface area contributed by atoms with E-state index in [2.05, 4.69) is 24.1 Å². The van der Waals surface area contributed by atoms with Crippen LogP contribution in [0.3, 0.4) is 0 Å². The van der Waals surface area contributed by atoms with Crippen LogP contribution in [-0.2, 0) is 4.79 Å². The lowest BCUT2D eigenvalue weighted by Crippen LogP contribution is -2.52. The van der Waals surface area contributed by atoms with Crippen molar-refractivity contribution in [3.8, 4) is 0 Å². The van der Waals surface area contributed by atoms with Gasteiger partial charge in [-0.25, -0.2) is 0 Å². The quantitative estimate of drug-likeness (QED) is 0.700. The highest BCUT2D eigenvalue weighted by molar-refractivity contribution is 5.83. The number of amides is 1. The fourth-order valence-electron chi connectivity index (χ4n) is 2.39. The predicted molar refractivity (Wildman–Crippen MR) is 67.2 cm³/mol. The van der Waals surface area contributed by atoms with Gasteiger partial charge in [0.15, 0.2) is 0 Å². The topological polar surface area (TPSA) is 41.1 Å². The van der Waals surface area contributed by atoms with Crippen LogP contribution in [0.5, 0.6) is 0 Å². The molecule has 92 valence electrons. The molecule has 0 aliphatic carbocycles. The van der Waals surface area contributed by atoms with Crippen LogP contribution in [0.2, 0.25) is 0 Å². The van der Waals surface area contributed by atoms with Gasteiger partial charge < -0.3 is 10.6 Å². The molecule has 1 rings (SSSR count). The zero-order valence-corrected chi connectivity index (χ0v) is 10.5.